The lowest BCUT2D eigenvalue weighted by Crippen LogP contribution is -2.23. The van der Waals surface area contributed by atoms with Crippen LogP contribution >= 0.6 is 0 Å². The van der Waals surface area contributed by atoms with Crippen LogP contribution in [0, 0.1) is 5.92 Å². The fourth-order valence-corrected chi connectivity index (χ4v) is 2.24. The molecule has 0 aliphatic rings. The number of aromatic hydroxyl groups is 1. The molecule has 1 aromatic carbocycles. The molecule has 0 saturated carbocycles. The van der Waals surface area contributed by atoms with Crippen LogP contribution in [0.2, 0.25) is 0 Å². The van der Waals surface area contributed by atoms with E-state index in [0.717, 1.165) is 12.3 Å². The molecule has 90 valence electrons. The number of phenolic OH excluding ortho intramolecular Hbond substituents is 1. The van der Waals surface area contributed by atoms with E-state index < -0.39 is 0 Å². The average Bonchev–Trinajstić information content (AvgIpc) is 2.29. The van der Waals surface area contributed by atoms with Gasteiger partial charge in [0.25, 0.3) is 0 Å². The summed E-state index contributed by atoms with van der Waals surface area (Å²) in [5.41, 5.74) is 1.58. The average molecular weight is 220 g/mol. The molecule has 0 unspecified atom stereocenters. The van der Waals surface area contributed by atoms with Gasteiger partial charge in [-0.3, -0.25) is 0 Å². The van der Waals surface area contributed by atoms with Crippen LogP contribution in [-0.4, -0.2) is 5.11 Å². The van der Waals surface area contributed by atoms with E-state index in [1.807, 2.05) is 0 Å². The van der Waals surface area contributed by atoms with Crippen LogP contribution < -0.4 is 0 Å². The fourth-order valence-electron chi connectivity index (χ4n) is 2.24. The van der Waals surface area contributed by atoms with Gasteiger partial charge in [0.05, 0.1) is 0 Å². The highest BCUT2D eigenvalue weighted by Crippen LogP contribution is 2.35. The molecule has 2 atom stereocenters. The van der Waals surface area contributed by atoms with E-state index in [2.05, 4.69) is 39.8 Å². The maximum atomic E-state index is 9.32. The SMILES string of the molecule is CC[C@@H](C)C[C@@](C)(CC)c1ccc(O)cc1. The molecule has 1 heteroatoms. The summed E-state index contributed by atoms with van der Waals surface area (Å²) < 4.78 is 0. The summed E-state index contributed by atoms with van der Waals surface area (Å²) in [4.78, 5) is 0. The van der Waals surface area contributed by atoms with Crippen molar-refractivity contribution in [3.8, 4) is 5.75 Å². The lowest BCUT2D eigenvalue weighted by Gasteiger charge is -2.31. The summed E-state index contributed by atoms with van der Waals surface area (Å²) in [5, 5.41) is 9.32. The third-order valence-corrected chi connectivity index (χ3v) is 3.84. The second-order valence-electron chi connectivity index (χ2n) is 5.18. The van der Waals surface area contributed by atoms with Gasteiger partial charge in [-0.15, -0.1) is 0 Å². The maximum absolute atomic E-state index is 9.32. The van der Waals surface area contributed by atoms with Crippen molar-refractivity contribution in [3.05, 3.63) is 29.8 Å². The number of benzene rings is 1. The molecule has 1 N–H and O–H groups in total. The Morgan fingerprint density at radius 2 is 1.75 bits per heavy atom. The Labute approximate surface area is 99.5 Å². The van der Waals surface area contributed by atoms with E-state index in [4.69, 9.17) is 0 Å². The zero-order valence-electron chi connectivity index (χ0n) is 11.0. The first-order chi connectivity index (χ1) is 7.51. The number of hydrogen-bond acceptors (Lipinski definition) is 1. The number of hydrogen-bond donors (Lipinski definition) is 1. The van der Waals surface area contributed by atoms with E-state index in [1.165, 1.54) is 18.4 Å². The normalized spacial score (nSPS) is 16.8. The quantitative estimate of drug-likeness (QED) is 0.774. The Bertz CT molecular complexity index is 315. The molecule has 0 radical (unpaired) electrons. The standard InChI is InChI=1S/C15H24O/c1-5-12(3)11-15(4,6-2)13-7-9-14(16)10-8-13/h7-10,12,16H,5-6,11H2,1-4H3/t12-,15-/m1/s1. The van der Waals surface area contributed by atoms with Gasteiger partial charge in [-0.2, -0.15) is 0 Å². The molecular formula is C15H24O. The Morgan fingerprint density at radius 3 is 2.19 bits per heavy atom. The van der Waals surface area contributed by atoms with Gasteiger partial charge >= 0.3 is 0 Å². The van der Waals surface area contributed by atoms with Gasteiger partial charge in [0.2, 0.25) is 0 Å². The van der Waals surface area contributed by atoms with Gasteiger partial charge in [-0.1, -0.05) is 46.2 Å². The van der Waals surface area contributed by atoms with Crippen LogP contribution in [0.1, 0.15) is 52.5 Å². The summed E-state index contributed by atoms with van der Waals surface area (Å²) in [6.07, 6.45) is 3.58. The predicted molar refractivity (Wildman–Crippen MR) is 69.8 cm³/mol. The lowest BCUT2D eigenvalue weighted by molar-refractivity contribution is 0.336. The monoisotopic (exact) mass is 220 g/mol. The molecule has 1 rings (SSSR count). The molecule has 0 aliphatic carbocycles. The third-order valence-electron chi connectivity index (χ3n) is 3.84. The molecule has 16 heavy (non-hydrogen) atoms. The molecule has 0 aromatic heterocycles. The highest BCUT2D eigenvalue weighted by atomic mass is 16.3. The lowest BCUT2D eigenvalue weighted by atomic mass is 9.73. The molecule has 1 aromatic rings. The zero-order valence-corrected chi connectivity index (χ0v) is 11.0. The topological polar surface area (TPSA) is 20.2 Å². The molecular weight excluding hydrogens is 196 g/mol. The molecule has 0 fully saturated rings. The first-order valence-corrected chi connectivity index (χ1v) is 6.31. The van der Waals surface area contributed by atoms with Gasteiger partial charge in [-0.25, -0.2) is 0 Å². The van der Waals surface area contributed by atoms with E-state index >= 15 is 0 Å². The van der Waals surface area contributed by atoms with Gasteiger partial charge in [0.1, 0.15) is 5.75 Å². The third kappa shape index (κ3) is 3.01. The largest absolute Gasteiger partial charge is 0.508 e. The second-order valence-corrected chi connectivity index (χ2v) is 5.18. The van der Waals surface area contributed by atoms with Crippen molar-refractivity contribution in [3.63, 3.8) is 0 Å². The van der Waals surface area contributed by atoms with Crippen LogP contribution in [-0.2, 0) is 5.41 Å². The van der Waals surface area contributed by atoms with Crippen LogP contribution in [0.4, 0.5) is 0 Å². The second kappa shape index (κ2) is 5.38. The molecule has 0 amide bonds. The maximum Gasteiger partial charge on any atom is 0.115 e. The van der Waals surface area contributed by atoms with Gasteiger partial charge in [-0.05, 0) is 41.9 Å². The smallest absolute Gasteiger partial charge is 0.115 e. The zero-order chi connectivity index (χ0) is 12.2. The van der Waals surface area contributed by atoms with Gasteiger partial charge in [0, 0.05) is 0 Å². The Kier molecular flexibility index (Phi) is 4.40. The van der Waals surface area contributed by atoms with Crippen LogP contribution in [0.3, 0.4) is 0 Å². The Balaban J connectivity index is 2.90. The minimum atomic E-state index is 0.239. The number of rotatable bonds is 5. The predicted octanol–water partition coefficient (Wildman–Crippen LogP) is 4.50. The van der Waals surface area contributed by atoms with E-state index in [0.29, 0.717) is 5.75 Å². The summed E-state index contributed by atoms with van der Waals surface area (Å²) >= 11 is 0. The minimum Gasteiger partial charge on any atom is -0.508 e. The van der Waals surface area contributed by atoms with Gasteiger partial charge < -0.3 is 5.11 Å². The van der Waals surface area contributed by atoms with Crippen LogP contribution in [0.25, 0.3) is 0 Å². The van der Waals surface area contributed by atoms with Crippen molar-refractivity contribution in [1.29, 1.82) is 0 Å². The van der Waals surface area contributed by atoms with Crippen molar-refractivity contribution >= 4 is 0 Å². The summed E-state index contributed by atoms with van der Waals surface area (Å²) in [6, 6.07) is 7.70. The van der Waals surface area contributed by atoms with Crippen molar-refractivity contribution in [2.24, 2.45) is 5.92 Å². The Morgan fingerprint density at radius 1 is 1.19 bits per heavy atom. The number of phenols is 1. The summed E-state index contributed by atoms with van der Waals surface area (Å²) in [7, 11) is 0. The van der Waals surface area contributed by atoms with E-state index in [1.54, 1.807) is 12.1 Å². The van der Waals surface area contributed by atoms with Crippen molar-refractivity contribution in [2.75, 3.05) is 0 Å². The molecule has 0 aliphatic heterocycles. The minimum absolute atomic E-state index is 0.239. The van der Waals surface area contributed by atoms with E-state index in [9.17, 15) is 5.11 Å². The van der Waals surface area contributed by atoms with Gasteiger partial charge in [0.15, 0.2) is 0 Å². The van der Waals surface area contributed by atoms with Crippen molar-refractivity contribution < 1.29 is 5.11 Å². The fraction of sp³-hybridized carbons (Fsp3) is 0.600. The van der Waals surface area contributed by atoms with E-state index in [-0.39, 0.29) is 5.41 Å². The first kappa shape index (κ1) is 13.1. The van der Waals surface area contributed by atoms with Crippen LogP contribution in [0.5, 0.6) is 5.75 Å². The van der Waals surface area contributed by atoms with Crippen molar-refractivity contribution in [2.45, 2.75) is 52.4 Å². The molecule has 1 nitrogen and oxygen atoms in total. The molecule has 0 spiro atoms. The molecule has 0 heterocycles. The molecule has 0 bridgehead atoms. The highest BCUT2D eigenvalue weighted by molar-refractivity contribution is 5.31. The Hall–Kier alpha value is -0.980. The van der Waals surface area contributed by atoms with Crippen LogP contribution in [0.15, 0.2) is 24.3 Å². The summed E-state index contributed by atoms with van der Waals surface area (Å²) in [6.45, 7) is 9.13. The first-order valence-electron chi connectivity index (χ1n) is 6.31. The summed E-state index contributed by atoms with van der Waals surface area (Å²) in [5.74, 6) is 1.10. The molecule has 0 saturated heterocycles. The highest BCUT2D eigenvalue weighted by Gasteiger charge is 2.26. The van der Waals surface area contributed by atoms with Crippen molar-refractivity contribution in [1.82, 2.24) is 0 Å².